The Labute approximate surface area is 94.8 Å². The van der Waals surface area contributed by atoms with Gasteiger partial charge < -0.3 is 5.11 Å². The summed E-state index contributed by atoms with van der Waals surface area (Å²) in [6, 6.07) is 1.60. The van der Waals surface area contributed by atoms with Gasteiger partial charge in [-0.25, -0.2) is 14.5 Å². The van der Waals surface area contributed by atoms with Crippen LogP contribution in [0.5, 0.6) is 0 Å². The van der Waals surface area contributed by atoms with Crippen molar-refractivity contribution in [3.05, 3.63) is 11.8 Å². The Hall–Kier alpha value is -1.65. The van der Waals surface area contributed by atoms with Gasteiger partial charge in [-0.15, -0.1) is 0 Å². The smallest absolute Gasteiger partial charge is 0.356 e. The van der Waals surface area contributed by atoms with Crippen LogP contribution < -0.4 is 0 Å². The van der Waals surface area contributed by atoms with E-state index in [1.54, 1.807) is 17.8 Å². The number of nitrogens with zero attached hydrogens (tertiary/aromatic N) is 3. The van der Waals surface area contributed by atoms with Crippen molar-refractivity contribution >= 4 is 18.0 Å². The van der Waals surface area contributed by atoms with E-state index in [-0.39, 0.29) is 11.7 Å². The molecule has 1 heterocycles. The fourth-order valence-electron chi connectivity index (χ4n) is 1.30. The SMILES string of the molecule is C/C=N\c1cc(C(=O)O)nn1C(C)C(C)C. The zero-order chi connectivity index (χ0) is 12.3. The molecule has 5 nitrogen and oxygen atoms in total. The Kier molecular flexibility index (Phi) is 3.82. The molecule has 0 amide bonds. The number of hydrogen-bond donors (Lipinski definition) is 1. The van der Waals surface area contributed by atoms with Crippen LogP contribution in [0.1, 0.15) is 44.2 Å². The standard InChI is InChI=1S/C11H17N3O2/c1-5-12-10-6-9(11(15)16)13-14(10)8(4)7(2)3/h5-8H,1-4H3,(H,15,16)/b12-5-. The highest BCUT2D eigenvalue weighted by Crippen LogP contribution is 2.24. The predicted molar refractivity (Wildman–Crippen MR) is 62.6 cm³/mol. The van der Waals surface area contributed by atoms with Gasteiger partial charge in [-0.05, 0) is 19.8 Å². The molecule has 1 aromatic rings. The van der Waals surface area contributed by atoms with Crippen LogP contribution in [-0.4, -0.2) is 27.1 Å². The number of carbonyl (C=O) groups is 1. The lowest BCUT2D eigenvalue weighted by atomic mass is 10.1. The van der Waals surface area contributed by atoms with Gasteiger partial charge in [0.15, 0.2) is 11.5 Å². The largest absolute Gasteiger partial charge is 0.476 e. The normalized spacial score (nSPS) is 13.6. The maximum Gasteiger partial charge on any atom is 0.356 e. The summed E-state index contributed by atoms with van der Waals surface area (Å²) in [6.45, 7) is 7.91. The lowest BCUT2D eigenvalue weighted by molar-refractivity contribution is 0.0689. The van der Waals surface area contributed by atoms with Crippen LogP contribution in [-0.2, 0) is 0 Å². The van der Waals surface area contributed by atoms with Gasteiger partial charge in [0.1, 0.15) is 0 Å². The minimum atomic E-state index is -1.03. The highest BCUT2D eigenvalue weighted by Gasteiger charge is 2.18. The van der Waals surface area contributed by atoms with Gasteiger partial charge in [0.25, 0.3) is 0 Å². The van der Waals surface area contributed by atoms with Crippen molar-refractivity contribution in [3.63, 3.8) is 0 Å². The summed E-state index contributed by atoms with van der Waals surface area (Å²) in [6.07, 6.45) is 1.63. The third kappa shape index (κ3) is 2.48. The summed E-state index contributed by atoms with van der Waals surface area (Å²) < 4.78 is 1.66. The summed E-state index contributed by atoms with van der Waals surface area (Å²) in [5, 5.41) is 12.9. The molecule has 88 valence electrons. The van der Waals surface area contributed by atoms with Gasteiger partial charge in [0.2, 0.25) is 0 Å². The Morgan fingerprint density at radius 1 is 1.56 bits per heavy atom. The lowest BCUT2D eigenvalue weighted by Crippen LogP contribution is -2.13. The molecule has 0 aliphatic rings. The fraction of sp³-hybridized carbons (Fsp3) is 0.545. The molecule has 0 radical (unpaired) electrons. The van der Waals surface area contributed by atoms with Gasteiger partial charge in [-0.2, -0.15) is 5.10 Å². The number of carboxylic acids is 1. The topological polar surface area (TPSA) is 67.5 Å². The number of rotatable bonds is 4. The van der Waals surface area contributed by atoms with Gasteiger partial charge in [-0.3, -0.25) is 0 Å². The molecule has 1 aromatic heterocycles. The molecule has 0 fully saturated rings. The van der Waals surface area contributed by atoms with E-state index >= 15 is 0 Å². The number of aliphatic imine (C=N–C) groups is 1. The number of hydrogen-bond acceptors (Lipinski definition) is 3. The first-order valence-electron chi connectivity index (χ1n) is 5.29. The highest BCUT2D eigenvalue weighted by atomic mass is 16.4. The van der Waals surface area contributed by atoms with E-state index in [0.717, 1.165) is 0 Å². The number of carboxylic acid groups (broad SMARTS) is 1. The van der Waals surface area contributed by atoms with E-state index in [1.165, 1.54) is 6.07 Å². The lowest BCUT2D eigenvalue weighted by Gasteiger charge is -2.17. The monoisotopic (exact) mass is 223 g/mol. The van der Waals surface area contributed by atoms with Crippen LogP contribution in [0.3, 0.4) is 0 Å². The molecular weight excluding hydrogens is 206 g/mol. The van der Waals surface area contributed by atoms with E-state index in [1.807, 2.05) is 6.92 Å². The summed E-state index contributed by atoms with van der Waals surface area (Å²) in [5.74, 6) is -0.0734. The Morgan fingerprint density at radius 3 is 2.62 bits per heavy atom. The second kappa shape index (κ2) is 4.92. The highest BCUT2D eigenvalue weighted by molar-refractivity contribution is 5.86. The first-order valence-corrected chi connectivity index (χ1v) is 5.29. The molecule has 1 unspecified atom stereocenters. The first kappa shape index (κ1) is 12.4. The van der Waals surface area contributed by atoms with E-state index in [0.29, 0.717) is 11.7 Å². The summed E-state index contributed by atoms with van der Waals surface area (Å²) in [4.78, 5) is 15.0. The van der Waals surface area contributed by atoms with Crippen molar-refractivity contribution in [2.75, 3.05) is 0 Å². The molecule has 0 saturated heterocycles. The van der Waals surface area contributed by atoms with Crippen LogP contribution >= 0.6 is 0 Å². The summed E-state index contributed by atoms with van der Waals surface area (Å²) in [5.41, 5.74) is 0.0353. The van der Waals surface area contributed by atoms with Crippen molar-refractivity contribution < 1.29 is 9.90 Å². The van der Waals surface area contributed by atoms with Gasteiger partial charge >= 0.3 is 5.97 Å². The molecule has 0 bridgehead atoms. The predicted octanol–water partition coefficient (Wildman–Crippen LogP) is 2.52. The molecule has 0 aromatic carbocycles. The fourth-order valence-corrected chi connectivity index (χ4v) is 1.30. The van der Waals surface area contributed by atoms with Gasteiger partial charge in [0.05, 0.1) is 6.04 Å². The van der Waals surface area contributed by atoms with Gasteiger partial charge in [0, 0.05) is 12.3 Å². The van der Waals surface area contributed by atoms with Crippen LogP contribution in [0.25, 0.3) is 0 Å². The molecule has 0 spiro atoms. The zero-order valence-electron chi connectivity index (χ0n) is 10.0. The van der Waals surface area contributed by atoms with Crippen molar-refractivity contribution in [1.82, 2.24) is 9.78 Å². The second-order valence-corrected chi connectivity index (χ2v) is 4.01. The van der Waals surface area contributed by atoms with Crippen molar-refractivity contribution in [2.45, 2.75) is 33.7 Å². The van der Waals surface area contributed by atoms with Crippen molar-refractivity contribution in [1.29, 1.82) is 0 Å². The summed E-state index contributed by atoms with van der Waals surface area (Å²) in [7, 11) is 0. The molecular formula is C11H17N3O2. The molecule has 1 rings (SSSR count). The Bertz CT molecular complexity index is 407. The van der Waals surface area contributed by atoms with Crippen LogP contribution in [0, 0.1) is 5.92 Å². The third-order valence-electron chi connectivity index (χ3n) is 2.55. The average Bonchev–Trinajstić information content (AvgIpc) is 2.61. The molecule has 5 heteroatoms. The van der Waals surface area contributed by atoms with E-state index < -0.39 is 5.97 Å². The van der Waals surface area contributed by atoms with Gasteiger partial charge in [-0.1, -0.05) is 13.8 Å². The summed E-state index contributed by atoms with van der Waals surface area (Å²) >= 11 is 0. The minimum absolute atomic E-state index is 0.0353. The van der Waals surface area contributed by atoms with E-state index in [9.17, 15) is 4.79 Å². The number of aromatic nitrogens is 2. The first-order chi connectivity index (χ1) is 7.47. The molecule has 1 N–H and O–H groups in total. The maximum absolute atomic E-state index is 10.8. The van der Waals surface area contributed by atoms with Crippen LogP contribution in [0.2, 0.25) is 0 Å². The average molecular weight is 223 g/mol. The van der Waals surface area contributed by atoms with Crippen LogP contribution in [0.4, 0.5) is 5.82 Å². The Balaban J connectivity index is 3.19. The molecule has 0 aliphatic carbocycles. The molecule has 0 saturated carbocycles. The van der Waals surface area contributed by atoms with E-state index in [4.69, 9.17) is 5.11 Å². The molecule has 16 heavy (non-hydrogen) atoms. The molecule has 1 atom stereocenters. The quantitative estimate of drug-likeness (QED) is 0.797. The minimum Gasteiger partial charge on any atom is -0.476 e. The Morgan fingerprint density at radius 2 is 2.19 bits per heavy atom. The molecule has 0 aliphatic heterocycles. The third-order valence-corrected chi connectivity index (χ3v) is 2.55. The number of aromatic carboxylic acids is 1. The van der Waals surface area contributed by atoms with Crippen molar-refractivity contribution in [2.24, 2.45) is 10.9 Å². The van der Waals surface area contributed by atoms with Crippen LogP contribution in [0.15, 0.2) is 11.1 Å². The maximum atomic E-state index is 10.8. The zero-order valence-corrected chi connectivity index (χ0v) is 10.0. The van der Waals surface area contributed by atoms with Crippen molar-refractivity contribution in [3.8, 4) is 0 Å². The second-order valence-electron chi connectivity index (χ2n) is 4.01. The van der Waals surface area contributed by atoms with E-state index in [2.05, 4.69) is 23.9 Å².